The minimum atomic E-state index is -0.108. The Kier molecular flexibility index (Phi) is 21.6. The Bertz CT molecular complexity index is 524. The molecule has 0 saturated carbocycles. The van der Waals surface area contributed by atoms with Crippen LogP contribution in [0.25, 0.3) is 0 Å². The molecule has 14 nitrogen and oxygen atoms in total. The zero-order valence-corrected chi connectivity index (χ0v) is 21.6. The Hall–Kier alpha value is -2.36. The van der Waals surface area contributed by atoms with E-state index in [0.717, 1.165) is 0 Å². The van der Waals surface area contributed by atoms with Crippen molar-refractivity contribution in [1.82, 2.24) is 31.1 Å². The molecule has 210 valence electrons. The molecule has 0 spiro atoms. The predicted molar refractivity (Wildman–Crippen MR) is 140 cm³/mol. The number of hydrogen-bond acceptors (Lipinski definition) is 10. The number of rotatable bonds is 23. The fourth-order valence-electron chi connectivity index (χ4n) is 3.19. The van der Waals surface area contributed by atoms with Crippen LogP contribution >= 0.6 is 0 Å². The molecular weight excluding hydrogens is 468 g/mol. The van der Waals surface area contributed by atoms with E-state index in [9.17, 15) is 19.2 Å². The summed E-state index contributed by atoms with van der Waals surface area (Å²) in [6.07, 6.45) is 1.08. The Morgan fingerprint density at radius 1 is 0.417 bits per heavy atom. The zero-order valence-electron chi connectivity index (χ0n) is 21.6. The van der Waals surface area contributed by atoms with E-state index in [1.807, 2.05) is 9.80 Å². The van der Waals surface area contributed by atoms with Crippen LogP contribution in [0.5, 0.6) is 0 Å². The summed E-state index contributed by atoms with van der Waals surface area (Å²) in [6.45, 7) is 6.06. The molecule has 0 aromatic rings. The molecule has 0 heterocycles. The minimum Gasteiger partial charge on any atom is -0.355 e. The highest BCUT2D eigenvalue weighted by Crippen LogP contribution is 2.01. The number of carbonyl (C=O) groups excluding carboxylic acids is 4. The molecule has 0 aromatic heterocycles. The number of hydrogen-bond donors (Lipinski definition) is 8. The van der Waals surface area contributed by atoms with Crippen LogP contribution in [-0.2, 0) is 19.2 Å². The van der Waals surface area contributed by atoms with Crippen molar-refractivity contribution in [3.63, 3.8) is 0 Å². The summed E-state index contributed by atoms with van der Waals surface area (Å²) in [6, 6.07) is 0. The highest BCUT2D eigenvalue weighted by atomic mass is 16.2. The lowest BCUT2D eigenvalue weighted by atomic mass is 10.2. The van der Waals surface area contributed by atoms with Crippen LogP contribution in [0.4, 0.5) is 0 Å². The van der Waals surface area contributed by atoms with E-state index in [-0.39, 0.29) is 49.3 Å². The number of nitrogens with zero attached hydrogens (tertiary/aromatic N) is 2. The monoisotopic (exact) mass is 516 g/mol. The van der Waals surface area contributed by atoms with Crippen molar-refractivity contribution in [2.24, 2.45) is 22.9 Å². The largest absolute Gasteiger partial charge is 0.355 e. The molecule has 36 heavy (non-hydrogen) atoms. The number of nitrogens with two attached hydrogens (primary N) is 4. The van der Waals surface area contributed by atoms with Gasteiger partial charge in [0.25, 0.3) is 0 Å². The molecule has 0 atom stereocenters. The maximum atomic E-state index is 12.0. The van der Waals surface area contributed by atoms with Gasteiger partial charge < -0.3 is 54.0 Å². The molecule has 4 amide bonds. The Labute approximate surface area is 214 Å². The first kappa shape index (κ1) is 33.6. The molecule has 0 unspecified atom stereocenters. The first-order valence-corrected chi connectivity index (χ1v) is 12.7. The number of amides is 4. The molecule has 0 aliphatic carbocycles. The van der Waals surface area contributed by atoms with Crippen LogP contribution in [0.2, 0.25) is 0 Å². The summed E-state index contributed by atoms with van der Waals surface area (Å²) in [4.78, 5) is 52.2. The lowest BCUT2D eigenvalue weighted by Gasteiger charge is -2.27. The Balaban J connectivity index is 5.00. The lowest BCUT2D eigenvalue weighted by molar-refractivity contribution is -0.123. The summed E-state index contributed by atoms with van der Waals surface area (Å²) in [7, 11) is 0. The molecule has 12 N–H and O–H groups in total. The summed E-state index contributed by atoms with van der Waals surface area (Å²) >= 11 is 0. The number of carbonyl (C=O) groups is 4. The van der Waals surface area contributed by atoms with Gasteiger partial charge in [-0.2, -0.15) is 0 Å². The van der Waals surface area contributed by atoms with Gasteiger partial charge in [-0.1, -0.05) is 0 Å². The van der Waals surface area contributed by atoms with Crippen molar-refractivity contribution in [2.45, 2.75) is 25.7 Å². The van der Waals surface area contributed by atoms with Gasteiger partial charge in [-0.15, -0.1) is 0 Å². The van der Waals surface area contributed by atoms with Crippen molar-refractivity contribution >= 4 is 23.6 Å². The van der Waals surface area contributed by atoms with E-state index in [1.165, 1.54) is 0 Å². The molecule has 0 rings (SSSR count). The smallest absolute Gasteiger partial charge is 0.221 e. The highest BCUT2D eigenvalue weighted by molar-refractivity contribution is 5.77. The van der Waals surface area contributed by atoms with Gasteiger partial charge in [0.15, 0.2) is 0 Å². The first-order valence-electron chi connectivity index (χ1n) is 12.7. The summed E-state index contributed by atoms with van der Waals surface area (Å²) in [5.74, 6) is -0.433. The van der Waals surface area contributed by atoms with Crippen molar-refractivity contribution in [3.8, 4) is 0 Å². The maximum Gasteiger partial charge on any atom is 0.221 e. The van der Waals surface area contributed by atoms with E-state index in [2.05, 4.69) is 21.3 Å². The second kappa shape index (κ2) is 23.1. The molecule has 0 saturated heterocycles. The predicted octanol–water partition coefficient (Wildman–Crippen LogP) is -4.55. The summed E-state index contributed by atoms with van der Waals surface area (Å²) in [5.41, 5.74) is 21.7. The SMILES string of the molecule is NCCNC(=O)CCN(CCC(=O)NCCN)CCN(CCC(=O)NCCN)CCC(=O)NCCN. The van der Waals surface area contributed by atoms with Crippen LogP contribution in [0.1, 0.15) is 25.7 Å². The quantitative estimate of drug-likeness (QED) is 0.0648. The van der Waals surface area contributed by atoms with Crippen LogP contribution in [-0.4, -0.2) is 125 Å². The summed E-state index contributed by atoms with van der Waals surface area (Å²) in [5, 5.41) is 11.0. The highest BCUT2D eigenvalue weighted by Gasteiger charge is 2.15. The third kappa shape index (κ3) is 19.9. The average molecular weight is 517 g/mol. The van der Waals surface area contributed by atoms with Gasteiger partial charge in [0.05, 0.1) is 0 Å². The van der Waals surface area contributed by atoms with Crippen molar-refractivity contribution in [3.05, 3.63) is 0 Å². The molecule has 0 aliphatic heterocycles. The first-order chi connectivity index (χ1) is 17.4. The molecular formula is C22H48N10O4. The standard InChI is InChI=1S/C22H48N10O4/c23-5-9-27-19(33)1-13-31(14-2-20(34)28-10-6-24)17-18-32(15-3-21(35)29-11-7-25)16-4-22(36)30-12-8-26/h1-18,23-26H2,(H,27,33)(H,28,34)(H,29,35)(H,30,36). The second-order valence-electron chi connectivity index (χ2n) is 8.24. The molecule has 0 aliphatic rings. The Morgan fingerprint density at radius 2 is 0.639 bits per heavy atom. The van der Waals surface area contributed by atoms with Gasteiger partial charge in [-0.3, -0.25) is 19.2 Å². The van der Waals surface area contributed by atoms with Gasteiger partial charge in [0.1, 0.15) is 0 Å². The summed E-state index contributed by atoms with van der Waals surface area (Å²) < 4.78 is 0. The van der Waals surface area contributed by atoms with Gasteiger partial charge in [-0.25, -0.2) is 0 Å². The Morgan fingerprint density at radius 3 is 0.833 bits per heavy atom. The third-order valence-corrected chi connectivity index (χ3v) is 5.22. The van der Waals surface area contributed by atoms with E-state index >= 15 is 0 Å². The van der Waals surface area contributed by atoms with E-state index in [0.29, 0.717) is 91.6 Å². The second-order valence-corrected chi connectivity index (χ2v) is 8.24. The lowest BCUT2D eigenvalue weighted by Crippen LogP contribution is -2.42. The molecule has 0 radical (unpaired) electrons. The van der Waals surface area contributed by atoms with Crippen LogP contribution in [0, 0.1) is 0 Å². The molecule has 0 aromatic carbocycles. The molecule has 14 heteroatoms. The third-order valence-electron chi connectivity index (χ3n) is 5.22. The van der Waals surface area contributed by atoms with Crippen LogP contribution < -0.4 is 44.2 Å². The van der Waals surface area contributed by atoms with Crippen LogP contribution in [0.3, 0.4) is 0 Å². The van der Waals surface area contributed by atoms with Crippen molar-refractivity contribution < 1.29 is 19.2 Å². The van der Waals surface area contributed by atoms with Crippen LogP contribution in [0.15, 0.2) is 0 Å². The normalized spacial score (nSPS) is 10.9. The van der Waals surface area contributed by atoms with Gasteiger partial charge in [-0.05, 0) is 0 Å². The van der Waals surface area contributed by atoms with Crippen molar-refractivity contribution in [2.75, 3.05) is 91.6 Å². The number of nitrogens with one attached hydrogen (secondary N) is 4. The van der Waals surface area contributed by atoms with Gasteiger partial charge >= 0.3 is 0 Å². The fraction of sp³-hybridized carbons (Fsp3) is 0.818. The van der Waals surface area contributed by atoms with Gasteiger partial charge in [0.2, 0.25) is 23.6 Å². The fourth-order valence-corrected chi connectivity index (χ4v) is 3.19. The molecule has 0 bridgehead atoms. The van der Waals surface area contributed by atoms with Crippen molar-refractivity contribution in [1.29, 1.82) is 0 Å². The van der Waals surface area contributed by atoms with E-state index in [1.54, 1.807) is 0 Å². The van der Waals surface area contributed by atoms with E-state index in [4.69, 9.17) is 22.9 Å². The zero-order chi connectivity index (χ0) is 27.0. The topological polar surface area (TPSA) is 227 Å². The average Bonchev–Trinajstić information content (AvgIpc) is 2.88. The van der Waals surface area contributed by atoms with Gasteiger partial charge in [0, 0.05) is 117 Å². The molecule has 0 fully saturated rings. The maximum absolute atomic E-state index is 12.0. The van der Waals surface area contributed by atoms with E-state index < -0.39 is 0 Å². The minimum absolute atomic E-state index is 0.108.